The van der Waals surface area contributed by atoms with E-state index in [1.807, 2.05) is 0 Å². The number of benzene rings is 1. The molecule has 1 aromatic rings. The summed E-state index contributed by atoms with van der Waals surface area (Å²) in [5, 5.41) is 0. The molecule has 0 aromatic heterocycles. The summed E-state index contributed by atoms with van der Waals surface area (Å²) in [7, 11) is -3.56. The van der Waals surface area contributed by atoms with Crippen LogP contribution in [0.4, 0.5) is 0 Å². The van der Waals surface area contributed by atoms with Gasteiger partial charge in [-0.05, 0) is 12.1 Å². The van der Waals surface area contributed by atoms with Crippen molar-refractivity contribution in [2.24, 2.45) is 3.77 Å². The highest BCUT2D eigenvalue weighted by molar-refractivity contribution is 7.93. The molecule has 0 aliphatic carbocycles. The van der Waals surface area contributed by atoms with Gasteiger partial charge >= 0.3 is 0 Å². The van der Waals surface area contributed by atoms with Crippen molar-refractivity contribution in [3.05, 3.63) is 30.3 Å². The van der Waals surface area contributed by atoms with Crippen LogP contribution in [0.1, 0.15) is 0 Å². The molecule has 3 nitrogen and oxygen atoms in total. The van der Waals surface area contributed by atoms with Crippen molar-refractivity contribution in [1.29, 1.82) is 0 Å². The largest absolute Gasteiger partial charge is 0.293 e. The molecule has 11 heavy (non-hydrogen) atoms. The summed E-state index contributed by atoms with van der Waals surface area (Å²) in [4.78, 5) is 0.134. The van der Waals surface area contributed by atoms with Crippen molar-refractivity contribution in [3.63, 3.8) is 0 Å². The summed E-state index contributed by atoms with van der Waals surface area (Å²) in [5.74, 6) is 0. The molecular weight excluding hydrogens is 182 g/mol. The number of hydrogen-bond donors (Lipinski definition) is 0. The highest BCUT2D eigenvalue weighted by Crippen LogP contribution is 2.09. The second kappa shape index (κ2) is 3.06. The van der Waals surface area contributed by atoms with Gasteiger partial charge in [0.15, 0.2) is 0 Å². The zero-order valence-corrected chi connectivity index (χ0v) is 7.10. The minimum absolute atomic E-state index is 0.134. The van der Waals surface area contributed by atoms with Crippen LogP contribution < -0.4 is 0 Å². The number of sulfonamides is 1. The SMILES string of the molecule is O=S(=O)(N=S)c1ccccc1. The number of rotatable bonds is 2. The zero-order valence-electron chi connectivity index (χ0n) is 5.47. The normalized spacial score (nSPS) is 10.9. The van der Waals surface area contributed by atoms with Crippen LogP contribution in [-0.2, 0) is 22.4 Å². The minimum Gasteiger partial charge on any atom is -0.198 e. The first-order valence-corrected chi connectivity index (χ1v) is 4.62. The summed E-state index contributed by atoms with van der Waals surface area (Å²) in [5.41, 5.74) is 0. The van der Waals surface area contributed by atoms with E-state index in [0.717, 1.165) is 0 Å². The highest BCUT2D eigenvalue weighted by atomic mass is 32.2. The fraction of sp³-hybridized carbons (Fsp3) is 0. The predicted octanol–water partition coefficient (Wildman–Crippen LogP) is 1.11. The maximum Gasteiger partial charge on any atom is 0.293 e. The Morgan fingerprint density at radius 2 is 1.73 bits per heavy atom. The maximum absolute atomic E-state index is 10.9. The molecule has 1 aromatic carbocycles. The Balaban J connectivity index is 3.24. The minimum atomic E-state index is -3.56. The van der Waals surface area contributed by atoms with Gasteiger partial charge in [0.05, 0.1) is 17.3 Å². The molecule has 0 spiro atoms. The van der Waals surface area contributed by atoms with Crippen molar-refractivity contribution in [2.45, 2.75) is 4.90 Å². The molecule has 58 valence electrons. The quantitative estimate of drug-likeness (QED) is 0.696. The first-order chi connectivity index (χ1) is 5.17. The zero-order chi connectivity index (χ0) is 8.32. The Morgan fingerprint density at radius 3 is 2.18 bits per heavy atom. The van der Waals surface area contributed by atoms with Gasteiger partial charge in [0.25, 0.3) is 10.0 Å². The van der Waals surface area contributed by atoms with Crippen molar-refractivity contribution in [2.75, 3.05) is 0 Å². The molecule has 0 atom stereocenters. The highest BCUT2D eigenvalue weighted by Gasteiger charge is 2.09. The molecule has 0 fully saturated rings. The van der Waals surface area contributed by atoms with Gasteiger partial charge in [-0.3, -0.25) is 0 Å². The third-order valence-electron chi connectivity index (χ3n) is 1.14. The average molecular weight is 187 g/mol. The van der Waals surface area contributed by atoms with Gasteiger partial charge in [-0.2, -0.15) is 8.42 Å². The monoisotopic (exact) mass is 187 g/mol. The van der Waals surface area contributed by atoms with Crippen molar-refractivity contribution in [1.82, 2.24) is 0 Å². The first-order valence-electron chi connectivity index (χ1n) is 2.81. The molecule has 0 heterocycles. The van der Waals surface area contributed by atoms with Crippen LogP contribution in [0.5, 0.6) is 0 Å². The van der Waals surface area contributed by atoms with E-state index in [0.29, 0.717) is 0 Å². The molecule has 0 saturated carbocycles. The molecule has 0 aliphatic rings. The van der Waals surface area contributed by atoms with E-state index in [1.54, 1.807) is 18.2 Å². The molecule has 0 radical (unpaired) electrons. The molecule has 0 unspecified atom stereocenters. The Hall–Kier alpha value is -0.810. The van der Waals surface area contributed by atoms with Crippen molar-refractivity contribution < 1.29 is 8.42 Å². The molecule has 0 amide bonds. The summed E-state index contributed by atoms with van der Waals surface area (Å²) in [6, 6.07) is 7.86. The molecular formula is C6H5NO2S2. The standard InChI is InChI=1S/C6H5NO2S2/c8-11(9,7-10)6-4-2-1-3-5-6/h1-5H. The first kappa shape index (κ1) is 8.29. The summed E-state index contributed by atoms with van der Waals surface area (Å²) in [6.45, 7) is 0. The van der Waals surface area contributed by atoms with Crippen molar-refractivity contribution in [3.8, 4) is 0 Å². The maximum atomic E-state index is 10.9. The van der Waals surface area contributed by atoms with E-state index in [2.05, 4.69) is 16.2 Å². The van der Waals surface area contributed by atoms with Gasteiger partial charge in [0, 0.05) is 0 Å². The van der Waals surface area contributed by atoms with E-state index in [4.69, 9.17) is 0 Å². The topological polar surface area (TPSA) is 46.5 Å². The van der Waals surface area contributed by atoms with Crippen LogP contribution in [0.3, 0.4) is 0 Å². The lowest BCUT2D eigenvalue weighted by Gasteiger charge is -1.92. The molecule has 1 rings (SSSR count). The van der Waals surface area contributed by atoms with Crippen LogP contribution in [0.25, 0.3) is 0 Å². The average Bonchev–Trinajstić information content (AvgIpc) is 2.06. The molecule has 0 bridgehead atoms. The number of nitrogens with zero attached hydrogens (tertiary/aromatic N) is 1. The Bertz CT molecular complexity index is 344. The third-order valence-corrected chi connectivity index (χ3v) is 2.79. The van der Waals surface area contributed by atoms with Crippen LogP contribution in [-0.4, -0.2) is 8.42 Å². The second-order valence-corrected chi connectivity index (χ2v) is 3.88. The number of hydrogen-bond acceptors (Lipinski definition) is 3. The Morgan fingerprint density at radius 1 is 1.18 bits per heavy atom. The molecule has 0 N–H and O–H groups in total. The van der Waals surface area contributed by atoms with Gasteiger partial charge in [-0.15, -0.1) is 0 Å². The lowest BCUT2D eigenvalue weighted by molar-refractivity contribution is 0.598. The smallest absolute Gasteiger partial charge is 0.198 e. The second-order valence-electron chi connectivity index (χ2n) is 1.86. The van der Waals surface area contributed by atoms with E-state index in [-0.39, 0.29) is 4.90 Å². The molecule has 0 aliphatic heterocycles. The van der Waals surface area contributed by atoms with Crippen LogP contribution in [0, 0.1) is 0 Å². The fourth-order valence-corrected chi connectivity index (χ4v) is 1.48. The van der Waals surface area contributed by atoms with Gasteiger partial charge in [-0.25, -0.2) is 0 Å². The van der Waals surface area contributed by atoms with Gasteiger partial charge < -0.3 is 0 Å². The van der Waals surface area contributed by atoms with Gasteiger partial charge in [0.2, 0.25) is 0 Å². The summed E-state index contributed by atoms with van der Waals surface area (Å²) in [6.07, 6.45) is 0. The lowest BCUT2D eigenvalue weighted by atomic mass is 10.4. The predicted molar refractivity (Wildman–Crippen MR) is 43.4 cm³/mol. The van der Waals surface area contributed by atoms with Crippen LogP contribution in [0.15, 0.2) is 39.0 Å². The van der Waals surface area contributed by atoms with E-state index < -0.39 is 10.0 Å². The molecule has 0 saturated heterocycles. The van der Waals surface area contributed by atoms with Gasteiger partial charge in [0.1, 0.15) is 0 Å². The van der Waals surface area contributed by atoms with E-state index in [9.17, 15) is 8.42 Å². The Labute approximate surface area is 70.3 Å². The van der Waals surface area contributed by atoms with Crippen molar-refractivity contribution >= 4 is 22.4 Å². The third kappa shape index (κ3) is 1.81. The van der Waals surface area contributed by atoms with Crippen LogP contribution in [0.2, 0.25) is 0 Å². The van der Waals surface area contributed by atoms with E-state index in [1.165, 1.54) is 12.1 Å². The fourth-order valence-electron chi connectivity index (χ4n) is 0.635. The molecule has 5 heteroatoms. The van der Waals surface area contributed by atoms with E-state index >= 15 is 0 Å². The van der Waals surface area contributed by atoms with Gasteiger partial charge in [-0.1, -0.05) is 22.0 Å². The summed E-state index contributed by atoms with van der Waals surface area (Å²) < 4.78 is 24.7. The van der Waals surface area contributed by atoms with Crippen LogP contribution >= 0.6 is 0 Å². The summed E-state index contributed by atoms with van der Waals surface area (Å²) >= 11 is 4.11. The lowest BCUT2D eigenvalue weighted by Crippen LogP contribution is -1.93. The Kier molecular flexibility index (Phi) is 2.31.